The molecule has 2 aromatic carbocycles. The van der Waals surface area contributed by atoms with Crippen LogP contribution in [0.2, 0.25) is 0 Å². The molecule has 10 heteroatoms. The number of amides is 1. The molecule has 34 heavy (non-hydrogen) atoms. The summed E-state index contributed by atoms with van der Waals surface area (Å²) in [6, 6.07) is 17.6. The van der Waals surface area contributed by atoms with Gasteiger partial charge in [0.2, 0.25) is 0 Å². The van der Waals surface area contributed by atoms with E-state index in [1.807, 2.05) is 48.5 Å². The van der Waals surface area contributed by atoms with Gasteiger partial charge in [-0.15, -0.1) is 11.3 Å². The number of nitrogens with zero attached hydrogens (tertiary/aromatic N) is 2. The molecule has 8 nitrogen and oxygen atoms in total. The van der Waals surface area contributed by atoms with E-state index >= 15 is 0 Å². The topological polar surface area (TPSA) is 104 Å². The Kier molecular flexibility index (Phi) is 5.88. The molecule has 1 N–H and O–H groups in total. The molecule has 1 aliphatic carbocycles. The standard InChI is InChI=1S/C24H22N2O6S2/c27-23(28)21-14-25(11-12-26(21)34(30,31)22-10-5-13-33-22)24(29)32-15-20-18-8-3-1-6-16(18)17-7-2-4-9-19(17)20/h1-10,13,20-21H,11-12,14-15H2,(H,27,28). The number of carbonyl (C=O) groups is 2. The van der Waals surface area contributed by atoms with Crippen molar-refractivity contribution in [2.24, 2.45) is 0 Å². The molecule has 3 aromatic rings. The van der Waals surface area contributed by atoms with Crippen LogP contribution >= 0.6 is 11.3 Å². The van der Waals surface area contributed by atoms with E-state index in [4.69, 9.17) is 4.74 Å². The van der Waals surface area contributed by atoms with E-state index in [1.54, 1.807) is 11.4 Å². The number of rotatable bonds is 5. The summed E-state index contributed by atoms with van der Waals surface area (Å²) in [4.78, 5) is 26.1. The van der Waals surface area contributed by atoms with Gasteiger partial charge in [0, 0.05) is 19.0 Å². The van der Waals surface area contributed by atoms with Crippen LogP contribution in [0.1, 0.15) is 17.0 Å². The van der Waals surface area contributed by atoms with Gasteiger partial charge < -0.3 is 14.7 Å². The predicted molar refractivity (Wildman–Crippen MR) is 126 cm³/mol. The Balaban J connectivity index is 1.30. The molecular formula is C24H22N2O6S2. The lowest BCUT2D eigenvalue weighted by atomic mass is 9.98. The zero-order valence-electron chi connectivity index (χ0n) is 18.0. The molecule has 1 atom stereocenters. The van der Waals surface area contributed by atoms with Gasteiger partial charge in [-0.2, -0.15) is 4.31 Å². The minimum atomic E-state index is -3.96. The third-order valence-electron chi connectivity index (χ3n) is 6.27. The van der Waals surface area contributed by atoms with Crippen molar-refractivity contribution >= 4 is 33.4 Å². The largest absolute Gasteiger partial charge is 0.480 e. The Labute approximate surface area is 201 Å². The minimum absolute atomic E-state index is 0.0467. The van der Waals surface area contributed by atoms with Crippen molar-refractivity contribution in [1.82, 2.24) is 9.21 Å². The molecule has 0 saturated carbocycles. The smallest absolute Gasteiger partial charge is 0.409 e. The van der Waals surface area contributed by atoms with Gasteiger partial charge in [-0.1, -0.05) is 54.6 Å². The van der Waals surface area contributed by atoms with E-state index in [1.165, 1.54) is 11.0 Å². The van der Waals surface area contributed by atoms with Crippen LogP contribution in [0.5, 0.6) is 0 Å². The van der Waals surface area contributed by atoms with Crippen LogP contribution in [-0.2, 0) is 19.6 Å². The van der Waals surface area contributed by atoms with E-state index in [9.17, 15) is 23.1 Å². The second-order valence-electron chi connectivity index (χ2n) is 8.15. The van der Waals surface area contributed by atoms with Gasteiger partial charge >= 0.3 is 12.1 Å². The minimum Gasteiger partial charge on any atom is -0.480 e. The summed E-state index contributed by atoms with van der Waals surface area (Å²) in [6.45, 7) is -0.249. The highest BCUT2D eigenvalue weighted by atomic mass is 32.2. The van der Waals surface area contributed by atoms with Crippen molar-refractivity contribution in [2.75, 3.05) is 26.2 Å². The zero-order chi connectivity index (χ0) is 23.9. The molecule has 176 valence electrons. The lowest BCUT2D eigenvalue weighted by Crippen LogP contribution is -2.59. The number of carboxylic acids is 1. The van der Waals surface area contributed by atoms with Gasteiger partial charge in [0.15, 0.2) is 0 Å². The van der Waals surface area contributed by atoms with Crippen molar-refractivity contribution < 1.29 is 27.9 Å². The fraction of sp³-hybridized carbons (Fsp3) is 0.250. The molecule has 0 spiro atoms. The first kappa shape index (κ1) is 22.6. The quantitative estimate of drug-likeness (QED) is 0.578. The van der Waals surface area contributed by atoms with Crippen molar-refractivity contribution in [3.63, 3.8) is 0 Å². The van der Waals surface area contributed by atoms with Crippen molar-refractivity contribution in [3.05, 3.63) is 77.2 Å². The third kappa shape index (κ3) is 3.87. The maximum atomic E-state index is 12.9. The Bertz CT molecular complexity index is 1290. The first-order valence-electron chi connectivity index (χ1n) is 10.8. The Morgan fingerprint density at radius 1 is 0.971 bits per heavy atom. The molecule has 1 unspecified atom stereocenters. The van der Waals surface area contributed by atoms with E-state index in [2.05, 4.69) is 0 Å². The van der Waals surface area contributed by atoms with Gasteiger partial charge in [-0.3, -0.25) is 4.79 Å². The maximum Gasteiger partial charge on any atom is 0.409 e. The van der Waals surface area contributed by atoms with E-state index < -0.39 is 28.1 Å². The number of carbonyl (C=O) groups excluding carboxylic acids is 1. The molecule has 1 amide bonds. The van der Waals surface area contributed by atoms with Crippen LogP contribution < -0.4 is 0 Å². The zero-order valence-corrected chi connectivity index (χ0v) is 19.7. The molecule has 0 bridgehead atoms. The summed E-state index contributed by atoms with van der Waals surface area (Å²) in [5.74, 6) is -1.43. The molecule has 0 radical (unpaired) electrons. The average molecular weight is 499 g/mol. The number of piperazine rings is 1. The molecule has 2 heterocycles. The van der Waals surface area contributed by atoms with Crippen LogP contribution in [0, 0.1) is 0 Å². The Morgan fingerprint density at radius 2 is 1.62 bits per heavy atom. The summed E-state index contributed by atoms with van der Waals surface area (Å²) in [5, 5.41) is 11.3. The highest BCUT2D eigenvalue weighted by molar-refractivity contribution is 7.91. The first-order chi connectivity index (χ1) is 16.4. The number of hydrogen-bond acceptors (Lipinski definition) is 6. The molecule has 1 fully saturated rings. The molecular weight excluding hydrogens is 476 g/mol. The van der Waals surface area contributed by atoms with Gasteiger partial charge in [-0.25, -0.2) is 13.2 Å². The number of carboxylic acid groups (broad SMARTS) is 1. The summed E-state index contributed by atoms with van der Waals surface area (Å²) in [7, 11) is -3.96. The lowest BCUT2D eigenvalue weighted by molar-refractivity contribution is -0.143. The van der Waals surface area contributed by atoms with Crippen LogP contribution in [-0.4, -0.2) is 67.1 Å². The van der Waals surface area contributed by atoms with Crippen molar-refractivity contribution in [3.8, 4) is 11.1 Å². The van der Waals surface area contributed by atoms with E-state index in [0.717, 1.165) is 37.9 Å². The maximum absolute atomic E-state index is 12.9. The van der Waals surface area contributed by atoms with Crippen LogP contribution in [0.25, 0.3) is 11.1 Å². The number of benzene rings is 2. The molecule has 2 aliphatic rings. The SMILES string of the molecule is O=C(O)C1CN(C(=O)OCC2c3ccccc3-c3ccccc32)CCN1S(=O)(=O)c1cccs1. The van der Waals surface area contributed by atoms with Gasteiger partial charge in [-0.05, 0) is 33.7 Å². The van der Waals surface area contributed by atoms with Gasteiger partial charge in [0.25, 0.3) is 10.0 Å². The molecule has 1 saturated heterocycles. The second-order valence-corrected chi connectivity index (χ2v) is 11.2. The number of thiophene rings is 1. The third-order valence-corrected chi connectivity index (χ3v) is 9.55. The molecule has 5 rings (SSSR count). The Morgan fingerprint density at radius 3 is 2.21 bits per heavy atom. The molecule has 1 aliphatic heterocycles. The highest BCUT2D eigenvalue weighted by Crippen LogP contribution is 2.44. The summed E-state index contributed by atoms with van der Waals surface area (Å²) >= 11 is 1.03. The van der Waals surface area contributed by atoms with Crippen molar-refractivity contribution in [2.45, 2.75) is 16.2 Å². The van der Waals surface area contributed by atoms with Gasteiger partial charge in [0.1, 0.15) is 16.9 Å². The number of aliphatic carboxylic acids is 1. The molecule has 1 aromatic heterocycles. The van der Waals surface area contributed by atoms with Crippen molar-refractivity contribution in [1.29, 1.82) is 0 Å². The fourth-order valence-electron chi connectivity index (χ4n) is 4.63. The lowest BCUT2D eigenvalue weighted by Gasteiger charge is -2.37. The fourth-order valence-corrected chi connectivity index (χ4v) is 7.32. The number of sulfonamides is 1. The van der Waals surface area contributed by atoms with Crippen LogP contribution in [0.3, 0.4) is 0 Å². The van der Waals surface area contributed by atoms with E-state index in [0.29, 0.717) is 0 Å². The summed E-state index contributed by atoms with van der Waals surface area (Å²) < 4.78 is 32.5. The highest BCUT2D eigenvalue weighted by Gasteiger charge is 2.42. The average Bonchev–Trinajstić information content (AvgIpc) is 3.50. The van der Waals surface area contributed by atoms with Crippen LogP contribution in [0.4, 0.5) is 4.79 Å². The van der Waals surface area contributed by atoms with Crippen LogP contribution in [0.15, 0.2) is 70.3 Å². The number of fused-ring (bicyclic) bond motifs is 3. The number of ether oxygens (including phenoxy) is 1. The Hall–Kier alpha value is -3.21. The van der Waals surface area contributed by atoms with E-state index in [-0.39, 0.29) is 36.4 Å². The number of hydrogen-bond donors (Lipinski definition) is 1. The normalized spacial score (nSPS) is 18.4. The monoisotopic (exact) mass is 498 g/mol. The first-order valence-corrected chi connectivity index (χ1v) is 13.1. The summed E-state index contributed by atoms with van der Waals surface area (Å²) in [5.41, 5.74) is 4.37. The predicted octanol–water partition coefficient (Wildman–Crippen LogP) is 3.46. The summed E-state index contributed by atoms with van der Waals surface area (Å²) in [6.07, 6.45) is -0.652. The second kappa shape index (κ2) is 8.86. The van der Waals surface area contributed by atoms with Gasteiger partial charge in [0.05, 0.1) is 6.54 Å².